The van der Waals surface area contributed by atoms with Gasteiger partial charge in [-0.15, -0.1) is 11.3 Å². The van der Waals surface area contributed by atoms with E-state index in [1.165, 1.54) is 18.2 Å². The number of halogens is 1. The number of methoxy groups -OCH3 is 1. The standard InChI is InChI=1S/C22H23FN2O4S2/c1-3-20(16-6-12-19(29-2)13-7-16)24-21(26)15-25(18-10-8-17(23)9-11-18)31(27,28)22-5-4-14-30-22/h4-14,20H,3,15H2,1-2H3,(H,24,26). The molecule has 0 fully saturated rings. The largest absolute Gasteiger partial charge is 0.497 e. The lowest BCUT2D eigenvalue weighted by Crippen LogP contribution is -2.41. The highest BCUT2D eigenvalue weighted by Crippen LogP contribution is 2.27. The highest BCUT2D eigenvalue weighted by molar-refractivity contribution is 7.94. The van der Waals surface area contributed by atoms with E-state index in [0.717, 1.165) is 33.3 Å². The maximum Gasteiger partial charge on any atom is 0.274 e. The van der Waals surface area contributed by atoms with Crippen molar-refractivity contribution < 1.29 is 22.3 Å². The fraction of sp³-hybridized carbons (Fsp3) is 0.227. The Morgan fingerprint density at radius 3 is 2.35 bits per heavy atom. The van der Waals surface area contributed by atoms with Gasteiger partial charge in [0.2, 0.25) is 5.91 Å². The number of ether oxygens (including phenoxy) is 1. The lowest BCUT2D eigenvalue weighted by Gasteiger charge is -2.25. The number of hydrogen-bond acceptors (Lipinski definition) is 5. The molecule has 0 radical (unpaired) electrons. The molecule has 0 aliphatic carbocycles. The van der Waals surface area contributed by atoms with E-state index in [-0.39, 0.29) is 15.9 Å². The van der Waals surface area contributed by atoms with Crippen LogP contribution in [0, 0.1) is 5.82 Å². The first-order valence-electron chi connectivity index (χ1n) is 9.60. The van der Waals surface area contributed by atoms with Crippen LogP contribution in [-0.2, 0) is 14.8 Å². The van der Waals surface area contributed by atoms with Gasteiger partial charge in [-0.3, -0.25) is 9.10 Å². The van der Waals surface area contributed by atoms with E-state index in [4.69, 9.17) is 4.74 Å². The van der Waals surface area contributed by atoms with Gasteiger partial charge in [0.1, 0.15) is 22.3 Å². The zero-order valence-electron chi connectivity index (χ0n) is 17.1. The second kappa shape index (κ2) is 9.93. The van der Waals surface area contributed by atoms with Crippen LogP contribution in [0.15, 0.2) is 70.3 Å². The summed E-state index contributed by atoms with van der Waals surface area (Å²) in [6.45, 7) is 1.49. The molecule has 2 aromatic carbocycles. The third kappa shape index (κ3) is 5.42. The van der Waals surface area contributed by atoms with Gasteiger partial charge in [-0.2, -0.15) is 0 Å². The third-order valence-corrected chi connectivity index (χ3v) is 7.85. The number of nitrogens with one attached hydrogen (secondary N) is 1. The lowest BCUT2D eigenvalue weighted by atomic mass is 10.0. The van der Waals surface area contributed by atoms with Crippen LogP contribution in [0.2, 0.25) is 0 Å². The second-order valence-electron chi connectivity index (χ2n) is 6.72. The summed E-state index contributed by atoms with van der Waals surface area (Å²) in [7, 11) is -2.41. The first kappa shape index (κ1) is 22.8. The van der Waals surface area contributed by atoms with Gasteiger partial charge in [0.05, 0.1) is 18.8 Å². The molecule has 1 atom stereocenters. The Balaban J connectivity index is 1.84. The maximum absolute atomic E-state index is 13.4. The lowest BCUT2D eigenvalue weighted by molar-refractivity contribution is -0.120. The van der Waals surface area contributed by atoms with Crippen molar-refractivity contribution in [1.29, 1.82) is 0 Å². The topological polar surface area (TPSA) is 75.7 Å². The van der Waals surface area contributed by atoms with Crippen LogP contribution in [-0.4, -0.2) is 28.0 Å². The van der Waals surface area contributed by atoms with Crippen LogP contribution >= 0.6 is 11.3 Å². The average molecular weight is 463 g/mol. The van der Waals surface area contributed by atoms with Crippen molar-refractivity contribution in [3.63, 3.8) is 0 Å². The van der Waals surface area contributed by atoms with Crippen LogP contribution in [0.4, 0.5) is 10.1 Å². The fourth-order valence-electron chi connectivity index (χ4n) is 3.07. The third-order valence-electron chi connectivity index (χ3n) is 4.70. The second-order valence-corrected chi connectivity index (χ2v) is 9.76. The van der Waals surface area contributed by atoms with Crippen LogP contribution in [0.3, 0.4) is 0 Å². The molecule has 1 heterocycles. The summed E-state index contributed by atoms with van der Waals surface area (Å²) < 4.78 is 46.0. The molecule has 31 heavy (non-hydrogen) atoms. The molecule has 0 aliphatic rings. The summed E-state index contributed by atoms with van der Waals surface area (Å²) in [6.07, 6.45) is 0.617. The van der Waals surface area contributed by atoms with Crippen molar-refractivity contribution in [1.82, 2.24) is 5.32 Å². The van der Waals surface area contributed by atoms with E-state index in [0.29, 0.717) is 12.2 Å². The summed E-state index contributed by atoms with van der Waals surface area (Å²) >= 11 is 1.05. The zero-order chi connectivity index (χ0) is 22.4. The van der Waals surface area contributed by atoms with Crippen molar-refractivity contribution >= 4 is 33.0 Å². The zero-order valence-corrected chi connectivity index (χ0v) is 18.8. The van der Waals surface area contributed by atoms with Gasteiger partial charge in [0.15, 0.2) is 0 Å². The maximum atomic E-state index is 13.4. The summed E-state index contributed by atoms with van der Waals surface area (Å²) in [5, 5.41) is 4.54. The first-order valence-corrected chi connectivity index (χ1v) is 11.9. The normalized spacial score (nSPS) is 12.2. The molecule has 1 amide bonds. The molecule has 1 aromatic heterocycles. The minimum Gasteiger partial charge on any atom is -0.497 e. The number of nitrogens with zero attached hydrogens (tertiary/aromatic N) is 1. The van der Waals surface area contributed by atoms with E-state index < -0.39 is 28.3 Å². The number of rotatable bonds is 9. The Morgan fingerprint density at radius 2 is 1.81 bits per heavy atom. The quantitative estimate of drug-likeness (QED) is 0.513. The Hall–Kier alpha value is -2.91. The number of carbonyl (C=O) groups is 1. The van der Waals surface area contributed by atoms with Crippen LogP contribution < -0.4 is 14.4 Å². The Bertz CT molecular complexity index is 1100. The van der Waals surface area contributed by atoms with Crippen LogP contribution in [0.5, 0.6) is 5.75 Å². The van der Waals surface area contributed by atoms with Crippen molar-refractivity contribution in [2.24, 2.45) is 0 Å². The van der Waals surface area contributed by atoms with Crippen molar-refractivity contribution in [3.8, 4) is 5.75 Å². The van der Waals surface area contributed by atoms with Gasteiger partial charge in [-0.05, 0) is 59.8 Å². The molecule has 6 nitrogen and oxygen atoms in total. The van der Waals surface area contributed by atoms with E-state index in [1.54, 1.807) is 30.7 Å². The Labute approximate surface area is 185 Å². The SMILES string of the molecule is CCC(NC(=O)CN(c1ccc(F)cc1)S(=O)(=O)c1cccs1)c1ccc(OC)cc1. The minimum atomic E-state index is -3.98. The molecular weight excluding hydrogens is 439 g/mol. The van der Waals surface area contributed by atoms with E-state index in [2.05, 4.69) is 5.32 Å². The van der Waals surface area contributed by atoms with Gasteiger partial charge >= 0.3 is 0 Å². The van der Waals surface area contributed by atoms with E-state index in [9.17, 15) is 17.6 Å². The minimum absolute atomic E-state index is 0.104. The number of benzene rings is 2. The molecule has 3 rings (SSSR count). The fourth-order valence-corrected chi connectivity index (χ4v) is 5.59. The molecule has 0 bridgehead atoms. The van der Waals surface area contributed by atoms with Gasteiger partial charge in [-0.25, -0.2) is 12.8 Å². The molecule has 0 saturated carbocycles. The van der Waals surface area contributed by atoms with Crippen LogP contribution in [0.1, 0.15) is 24.9 Å². The molecule has 9 heteroatoms. The average Bonchev–Trinajstić information content (AvgIpc) is 3.32. The Kier molecular flexibility index (Phi) is 7.29. The molecule has 164 valence electrons. The molecular formula is C22H23FN2O4S2. The summed E-state index contributed by atoms with van der Waals surface area (Å²) in [4.78, 5) is 12.9. The monoisotopic (exact) mass is 462 g/mol. The van der Waals surface area contributed by atoms with Crippen molar-refractivity contribution in [2.45, 2.75) is 23.6 Å². The number of sulfonamides is 1. The molecule has 0 spiro atoms. The molecule has 1 N–H and O–H groups in total. The van der Waals surface area contributed by atoms with Crippen LogP contribution in [0.25, 0.3) is 0 Å². The van der Waals surface area contributed by atoms with Gasteiger partial charge in [0, 0.05) is 0 Å². The number of amides is 1. The predicted octanol–water partition coefficient (Wildman–Crippen LogP) is 4.36. The van der Waals surface area contributed by atoms with Crippen molar-refractivity contribution in [3.05, 3.63) is 77.4 Å². The molecule has 0 saturated heterocycles. The smallest absolute Gasteiger partial charge is 0.274 e. The molecule has 3 aromatic rings. The molecule has 0 aliphatic heterocycles. The van der Waals surface area contributed by atoms with Gasteiger partial charge < -0.3 is 10.1 Å². The number of thiophene rings is 1. The van der Waals surface area contributed by atoms with Gasteiger partial charge in [-0.1, -0.05) is 25.1 Å². The van der Waals surface area contributed by atoms with E-state index >= 15 is 0 Å². The molecule has 1 unspecified atom stereocenters. The summed E-state index contributed by atoms with van der Waals surface area (Å²) in [5.74, 6) is -0.256. The van der Waals surface area contributed by atoms with E-state index in [1.807, 2.05) is 19.1 Å². The van der Waals surface area contributed by atoms with Gasteiger partial charge in [0.25, 0.3) is 10.0 Å². The first-order chi connectivity index (χ1) is 14.8. The highest BCUT2D eigenvalue weighted by atomic mass is 32.2. The van der Waals surface area contributed by atoms with Crippen molar-refractivity contribution in [2.75, 3.05) is 18.0 Å². The highest BCUT2D eigenvalue weighted by Gasteiger charge is 2.28. The predicted molar refractivity (Wildman–Crippen MR) is 119 cm³/mol. The Morgan fingerprint density at radius 1 is 1.13 bits per heavy atom. The number of carbonyl (C=O) groups excluding carboxylic acids is 1. The summed E-state index contributed by atoms with van der Waals surface area (Å²) in [6, 6.07) is 15.1. The number of hydrogen-bond donors (Lipinski definition) is 1. The summed E-state index contributed by atoms with van der Waals surface area (Å²) in [5.41, 5.74) is 1.09. The number of anilines is 1.